The van der Waals surface area contributed by atoms with Gasteiger partial charge < -0.3 is 10.0 Å². The minimum atomic E-state index is -1.07. The zero-order valence-corrected chi connectivity index (χ0v) is 12.6. The minimum absolute atomic E-state index is 0.384. The molecule has 1 N–H and O–H groups in total. The van der Waals surface area contributed by atoms with Crippen molar-refractivity contribution < 1.29 is 14.7 Å². The zero-order valence-electron chi connectivity index (χ0n) is 12.6. The lowest BCUT2D eigenvalue weighted by Gasteiger charge is -2.37. The lowest BCUT2D eigenvalue weighted by atomic mass is 10.1. The van der Waals surface area contributed by atoms with E-state index in [-0.39, 0.29) is 6.54 Å². The molecule has 6 heteroatoms. The van der Waals surface area contributed by atoms with Crippen molar-refractivity contribution in [3.8, 4) is 6.07 Å². The molecule has 2 amide bonds. The van der Waals surface area contributed by atoms with Gasteiger partial charge >= 0.3 is 12.0 Å². The summed E-state index contributed by atoms with van der Waals surface area (Å²) in [4.78, 5) is 26.1. The van der Waals surface area contributed by atoms with Crippen LogP contribution in [0.25, 0.3) is 0 Å². The van der Waals surface area contributed by atoms with E-state index in [9.17, 15) is 9.59 Å². The van der Waals surface area contributed by atoms with Gasteiger partial charge in [0, 0.05) is 18.3 Å². The van der Waals surface area contributed by atoms with Gasteiger partial charge in [-0.2, -0.15) is 5.26 Å². The van der Waals surface area contributed by atoms with Crippen LogP contribution in [0.15, 0.2) is 24.3 Å². The number of amides is 2. The number of hydrogen-bond donors (Lipinski definition) is 1. The largest absolute Gasteiger partial charge is 0.480 e. The Hall–Kier alpha value is -2.55. The molecule has 0 heterocycles. The van der Waals surface area contributed by atoms with Crippen molar-refractivity contribution in [3.63, 3.8) is 0 Å². The Morgan fingerprint density at radius 1 is 1.33 bits per heavy atom. The van der Waals surface area contributed by atoms with E-state index in [4.69, 9.17) is 10.4 Å². The summed E-state index contributed by atoms with van der Waals surface area (Å²) in [5.74, 6) is -1.07. The molecule has 0 aliphatic heterocycles. The number of carboxylic acid groups (broad SMARTS) is 1. The standard InChI is InChI=1S/C15H19N3O3/c1-15(2,3)18(10-13(19)20)14(21)17(4)12-7-5-6-11(8-12)9-16/h5-8H,10H2,1-4H3,(H,19,20). The van der Waals surface area contributed by atoms with E-state index in [1.54, 1.807) is 52.1 Å². The Bertz CT molecular complexity index is 585. The summed E-state index contributed by atoms with van der Waals surface area (Å²) < 4.78 is 0. The Morgan fingerprint density at radius 3 is 2.43 bits per heavy atom. The third-order valence-corrected chi connectivity index (χ3v) is 2.98. The molecule has 0 unspecified atom stereocenters. The van der Waals surface area contributed by atoms with E-state index in [1.165, 1.54) is 9.80 Å². The fourth-order valence-corrected chi connectivity index (χ4v) is 1.80. The first-order valence-electron chi connectivity index (χ1n) is 6.44. The molecule has 0 spiro atoms. The van der Waals surface area contributed by atoms with E-state index in [0.717, 1.165) is 0 Å². The average Bonchev–Trinajstić information content (AvgIpc) is 2.42. The number of benzene rings is 1. The van der Waals surface area contributed by atoms with Crippen molar-refractivity contribution in [1.82, 2.24) is 4.90 Å². The van der Waals surface area contributed by atoms with Crippen molar-refractivity contribution >= 4 is 17.7 Å². The highest BCUT2D eigenvalue weighted by molar-refractivity contribution is 5.93. The summed E-state index contributed by atoms with van der Waals surface area (Å²) in [6.07, 6.45) is 0. The van der Waals surface area contributed by atoms with Gasteiger partial charge in [-0.1, -0.05) is 6.07 Å². The molecule has 0 aromatic heterocycles. The maximum atomic E-state index is 12.5. The molecule has 1 rings (SSSR count). The molecule has 0 bridgehead atoms. The summed E-state index contributed by atoms with van der Waals surface area (Å²) in [7, 11) is 1.55. The highest BCUT2D eigenvalue weighted by atomic mass is 16.4. The van der Waals surface area contributed by atoms with E-state index in [2.05, 4.69) is 0 Å². The number of carboxylic acids is 1. The summed E-state index contributed by atoms with van der Waals surface area (Å²) in [6.45, 7) is 4.93. The van der Waals surface area contributed by atoms with E-state index < -0.39 is 17.5 Å². The second kappa shape index (κ2) is 6.27. The normalized spacial score (nSPS) is 10.6. The molecule has 0 atom stereocenters. The van der Waals surface area contributed by atoms with Gasteiger partial charge in [-0.05, 0) is 39.0 Å². The van der Waals surface area contributed by atoms with Gasteiger partial charge in [0.15, 0.2) is 0 Å². The highest BCUT2D eigenvalue weighted by Crippen LogP contribution is 2.20. The van der Waals surface area contributed by atoms with Gasteiger partial charge in [-0.15, -0.1) is 0 Å². The van der Waals surface area contributed by atoms with Gasteiger partial charge in [0.2, 0.25) is 0 Å². The molecule has 0 aliphatic rings. The van der Waals surface area contributed by atoms with Crippen molar-refractivity contribution in [2.45, 2.75) is 26.3 Å². The lowest BCUT2D eigenvalue weighted by Crippen LogP contribution is -2.53. The Morgan fingerprint density at radius 2 is 1.95 bits per heavy atom. The fourth-order valence-electron chi connectivity index (χ4n) is 1.80. The summed E-state index contributed by atoms with van der Waals surface area (Å²) in [5, 5.41) is 17.9. The summed E-state index contributed by atoms with van der Waals surface area (Å²) in [5.41, 5.74) is 0.350. The van der Waals surface area contributed by atoms with Gasteiger partial charge in [0.05, 0.1) is 11.6 Å². The average molecular weight is 289 g/mol. The van der Waals surface area contributed by atoms with Crippen LogP contribution in [0.1, 0.15) is 26.3 Å². The highest BCUT2D eigenvalue weighted by Gasteiger charge is 2.31. The lowest BCUT2D eigenvalue weighted by molar-refractivity contribution is -0.138. The monoisotopic (exact) mass is 289 g/mol. The van der Waals surface area contributed by atoms with Crippen LogP contribution in [-0.4, -0.2) is 41.1 Å². The van der Waals surface area contributed by atoms with Crippen LogP contribution in [-0.2, 0) is 4.79 Å². The molecule has 6 nitrogen and oxygen atoms in total. The first-order chi connectivity index (χ1) is 9.66. The van der Waals surface area contributed by atoms with Crippen molar-refractivity contribution in [1.29, 1.82) is 5.26 Å². The molecule has 1 aromatic carbocycles. The Kier molecular flexibility index (Phi) is 4.93. The van der Waals surface area contributed by atoms with Crippen LogP contribution in [0, 0.1) is 11.3 Å². The third-order valence-electron chi connectivity index (χ3n) is 2.98. The number of nitriles is 1. The van der Waals surface area contributed by atoms with Gasteiger partial charge in [0.25, 0.3) is 0 Å². The Balaban J connectivity index is 3.08. The molecule has 1 aromatic rings. The van der Waals surface area contributed by atoms with Crippen molar-refractivity contribution in [3.05, 3.63) is 29.8 Å². The molecule has 21 heavy (non-hydrogen) atoms. The first-order valence-corrected chi connectivity index (χ1v) is 6.44. The van der Waals surface area contributed by atoms with Crippen LogP contribution < -0.4 is 4.90 Å². The number of aliphatic carboxylic acids is 1. The summed E-state index contributed by atoms with van der Waals surface area (Å²) >= 11 is 0. The molecule has 0 saturated carbocycles. The van der Waals surface area contributed by atoms with Crippen molar-refractivity contribution in [2.24, 2.45) is 0 Å². The molecule has 112 valence electrons. The molecule has 0 aliphatic carbocycles. The number of rotatable bonds is 3. The van der Waals surface area contributed by atoms with Gasteiger partial charge in [0.1, 0.15) is 6.54 Å². The number of hydrogen-bond acceptors (Lipinski definition) is 3. The predicted molar refractivity (Wildman–Crippen MR) is 79.1 cm³/mol. The third kappa shape index (κ3) is 4.21. The van der Waals surface area contributed by atoms with E-state index >= 15 is 0 Å². The number of carbonyl (C=O) groups is 2. The molecular formula is C15H19N3O3. The number of carbonyl (C=O) groups excluding carboxylic acids is 1. The Labute approximate surface area is 124 Å². The van der Waals surface area contributed by atoms with Gasteiger partial charge in [-0.25, -0.2) is 4.79 Å². The second-order valence-electron chi connectivity index (χ2n) is 5.65. The van der Waals surface area contributed by atoms with Crippen molar-refractivity contribution in [2.75, 3.05) is 18.5 Å². The van der Waals surface area contributed by atoms with E-state index in [0.29, 0.717) is 11.3 Å². The zero-order chi connectivity index (χ0) is 16.2. The molecule has 0 radical (unpaired) electrons. The van der Waals surface area contributed by atoms with Crippen LogP contribution in [0.4, 0.5) is 10.5 Å². The fraction of sp³-hybridized carbons (Fsp3) is 0.400. The number of anilines is 1. The number of urea groups is 1. The summed E-state index contributed by atoms with van der Waals surface area (Å²) in [6, 6.07) is 8.17. The first kappa shape index (κ1) is 16.5. The van der Waals surface area contributed by atoms with Crippen LogP contribution in [0.5, 0.6) is 0 Å². The SMILES string of the molecule is CN(C(=O)N(CC(=O)O)C(C)(C)C)c1cccc(C#N)c1. The van der Waals surface area contributed by atoms with Crippen LogP contribution in [0.2, 0.25) is 0 Å². The smallest absolute Gasteiger partial charge is 0.325 e. The maximum Gasteiger partial charge on any atom is 0.325 e. The quantitative estimate of drug-likeness (QED) is 0.925. The second-order valence-corrected chi connectivity index (χ2v) is 5.65. The van der Waals surface area contributed by atoms with Gasteiger partial charge in [-0.3, -0.25) is 9.69 Å². The maximum absolute atomic E-state index is 12.5. The molecular weight excluding hydrogens is 270 g/mol. The van der Waals surface area contributed by atoms with Crippen LogP contribution >= 0.6 is 0 Å². The number of nitrogens with zero attached hydrogens (tertiary/aromatic N) is 3. The minimum Gasteiger partial charge on any atom is -0.480 e. The predicted octanol–water partition coefficient (Wildman–Crippen LogP) is 2.30. The molecule has 0 fully saturated rings. The topological polar surface area (TPSA) is 84.6 Å². The van der Waals surface area contributed by atoms with E-state index in [1.807, 2.05) is 6.07 Å². The van der Waals surface area contributed by atoms with Crippen LogP contribution in [0.3, 0.4) is 0 Å². The molecule has 0 saturated heterocycles.